The number of hydrogen-bond donors (Lipinski definition) is 1. The van der Waals surface area contributed by atoms with Crippen LogP contribution in [0.5, 0.6) is 0 Å². The number of carbonyl (C=O) groups is 1. The van der Waals surface area contributed by atoms with Gasteiger partial charge in [-0.2, -0.15) is 4.31 Å². The highest BCUT2D eigenvalue weighted by molar-refractivity contribution is 7.89. The van der Waals surface area contributed by atoms with Crippen LogP contribution in [0, 0.1) is 5.92 Å². The Morgan fingerprint density at radius 3 is 2.26 bits per heavy atom. The van der Waals surface area contributed by atoms with Crippen molar-refractivity contribution in [3.8, 4) is 0 Å². The van der Waals surface area contributed by atoms with Crippen LogP contribution in [0.1, 0.15) is 49.9 Å². The Bertz CT molecular complexity index is 749. The molecule has 27 heavy (non-hydrogen) atoms. The molecular weight excluding hydrogens is 362 g/mol. The summed E-state index contributed by atoms with van der Waals surface area (Å²) in [6.45, 7) is 6.27. The first-order chi connectivity index (χ1) is 12.8. The van der Waals surface area contributed by atoms with E-state index in [9.17, 15) is 13.2 Å². The lowest BCUT2D eigenvalue weighted by molar-refractivity contribution is 0.0705. The summed E-state index contributed by atoms with van der Waals surface area (Å²) in [6, 6.07) is 6.71. The fraction of sp³-hybridized carbons (Fsp3) is 0.650. The number of carbonyl (C=O) groups excluding carboxylic acids is 1. The molecule has 1 amide bonds. The first-order valence-electron chi connectivity index (χ1n) is 9.90. The van der Waals surface area contributed by atoms with Crippen molar-refractivity contribution in [3.05, 3.63) is 29.8 Å². The minimum atomic E-state index is -3.52. The average molecular weight is 394 g/mol. The molecule has 2 fully saturated rings. The molecule has 2 aliphatic rings. The van der Waals surface area contributed by atoms with E-state index < -0.39 is 10.0 Å². The number of nitrogens with one attached hydrogen (secondary N) is 1. The van der Waals surface area contributed by atoms with Crippen molar-refractivity contribution in [1.82, 2.24) is 14.5 Å². The molecule has 1 saturated heterocycles. The van der Waals surface area contributed by atoms with Crippen molar-refractivity contribution in [3.63, 3.8) is 0 Å². The van der Waals surface area contributed by atoms with Gasteiger partial charge in [0.15, 0.2) is 0 Å². The van der Waals surface area contributed by atoms with Crippen LogP contribution in [0.25, 0.3) is 0 Å². The normalized spacial score (nSPS) is 19.1. The van der Waals surface area contributed by atoms with Gasteiger partial charge in [-0.05, 0) is 76.3 Å². The van der Waals surface area contributed by atoms with Crippen LogP contribution in [-0.4, -0.2) is 62.3 Å². The van der Waals surface area contributed by atoms with Gasteiger partial charge >= 0.3 is 0 Å². The van der Waals surface area contributed by atoms with E-state index in [-0.39, 0.29) is 16.8 Å². The fourth-order valence-electron chi connectivity index (χ4n) is 3.34. The van der Waals surface area contributed by atoms with Gasteiger partial charge in [-0.1, -0.05) is 0 Å². The van der Waals surface area contributed by atoms with Gasteiger partial charge in [0.1, 0.15) is 0 Å². The maximum Gasteiger partial charge on any atom is 0.253 e. The smallest absolute Gasteiger partial charge is 0.253 e. The predicted molar refractivity (Wildman–Crippen MR) is 106 cm³/mol. The third-order valence-electron chi connectivity index (χ3n) is 5.68. The summed E-state index contributed by atoms with van der Waals surface area (Å²) < 4.78 is 26.4. The Morgan fingerprint density at radius 2 is 1.74 bits per heavy atom. The second kappa shape index (κ2) is 8.29. The molecule has 7 heteroatoms. The van der Waals surface area contributed by atoms with Gasteiger partial charge in [0, 0.05) is 37.8 Å². The molecule has 1 aromatic rings. The molecule has 150 valence electrons. The van der Waals surface area contributed by atoms with Gasteiger partial charge in [-0.25, -0.2) is 8.42 Å². The monoisotopic (exact) mass is 393 g/mol. The zero-order valence-electron chi connectivity index (χ0n) is 16.5. The second-order valence-corrected chi connectivity index (χ2v) is 10.1. The Balaban J connectivity index is 1.57. The largest absolute Gasteiger partial charge is 0.339 e. The molecule has 6 nitrogen and oxygen atoms in total. The highest BCUT2D eigenvalue weighted by atomic mass is 32.2. The maximum atomic E-state index is 12.7. The topological polar surface area (TPSA) is 69.7 Å². The van der Waals surface area contributed by atoms with Gasteiger partial charge < -0.3 is 10.2 Å². The molecule has 0 radical (unpaired) electrons. The standard InChI is InChI=1S/C20H31N3O3S/c1-15(2)22(3)27(25,26)19-8-6-17(7-9-19)20(24)23-12-10-18(11-13-23)21-14-16-4-5-16/h6-9,15-16,18,21H,4-5,10-14H2,1-3H3. The van der Waals surface area contributed by atoms with E-state index in [1.807, 2.05) is 18.7 Å². The SMILES string of the molecule is CC(C)N(C)S(=O)(=O)c1ccc(C(=O)N2CCC(NCC3CC3)CC2)cc1. The molecule has 1 aliphatic carbocycles. The minimum absolute atomic E-state index is 0.0168. The predicted octanol–water partition coefficient (Wildman–Crippen LogP) is 2.32. The molecule has 1 saturated carbocycles. The number of piperidine rings is 1. The molecule has 0 spiro atoms. The summed E-state index contributed by atoms with van der Waals surface area (Å²) in [5.41, 5.74) is 0.547. The summed E-state index contributed by atoms with van der Waals surface area (Å²) >= 11 is 0. The van der Waals surface area contributed by atoms with Gasteiger partial charge in [-0.3, -0.25) is 4.79 Å². The summed E-state index contributed by atoms with van der Waals surface area (Å²) in [4.78, 5) is 14.8. The zero-order chi connectivity index (χ0) is 19.6. The number of rotatable bonds is 7. The second-order valence-electron chi connectivity index (χ2n) is 8.06. The molecule has 0 atom stereocenters. The number of amides is 1. The van der Waals surface area contributed by atoms with E-state index >= 15 is 0 Å². The summed E-state index contributed by atoms with van der Waals surface area (Å²) in [5.74, 6) is 0.853. The van der Waals surface area contributed by atoms with Crippen LogP contribution in [0.3, 0.4) is 0 Å². The van der Waals surface area contributed by atoms with E-state index in [1.54, 1.807) is 19.2 Å². The molecule has 0 unspecified atom stereocenters. The molecule has 1 heterocycles. The molecule has 1 N–H and O–H groups in total. The van der Waals surface area contributed by atoms with Crippen molar-refractivity contribution in [1.29, 1.82) is 0 Å². The van der Waals surface area contributed by atoms with Crippen molar-refractivity contribution in [2.45, 2.75) is 56.5 Å². The third-order valence-corrected chi connectivity index (χ3v) is 7.73. The highest BCUT2D eigenvalue weighted by Crippen LogP contribution is 2.28. The summed E-state index contributed by atoms with van der Waals surface area (Å²) in [5, 5.41) is 3.62. The van der Waals surface area contributed by atoms with E-state index in [1.165, 1.54) is 29.3 Å². The van der Waals surface area contributed by atoms with E-state index in [2.05, 4.69) is 5.32 Å². The van der Waals surface area contributed by atoms with Crippen molar-refractivity contribution in [2.75, 3.05) is 26.7 Å². The zero-order valence-corrected chi connectivity index (χ0v) is 17.3. The Hall–Kier alpha value is -1.44. The van der Waals surface area contributed by atoms with Gasteiger partial charge in [-0.15, -0.1) is 0 Å². The van der Waals surface area contributed by atoms with Crippen LogP contribution in [0.15, 0.2) is 29.2 Å². The van der Waals surface area contributed by atoms with Gasteiger partial charge in [0.2, 0.25) is 10.0 Å². The molecule has 1 aromatic carbocycles. The lowest BCUT2D eigenvalue weighted by atomic mass is 10.0. The lowest BCUT2D eigenvalue weighted by Crippen LogP contribution is -2.45. The van der Waals surface area contributed by atoms with Gasteiger partial charge in [0.05, 0.1) is 4.90 Å². The Morgan fingerprint density at radius 1 is 1.15 bits per heavy atom. The van der Waals surface area contributed by atoms with Crippen molar-refractivity contribution < 1.29 is 13.2 Å². The van der Waals surface area contributed by atoms with Gasteiger partial charge in [0.25, 0.3) is 5.91 Å². The summed E-state index contributed by atoms with van der Waals surface area (Å²) in [6.07, 6.45) is 4.65. The number of benzene rings is 1. The summed E-state index contributed by atoms with van der Waals surface area (Å²) in [7, 11) is -1.95. The molecule has 1 aliphatic heterocycles. The number of sulfonamides is 1. The van der Waals surface area contributed by atoms with E-state index in [4.69, 9.17) is 0 Å². The number of nitrogens with zero attached hydrogens (tertiary/aromatic N) is 2. The first kappa shape index (κ1) is 20.3. The van der Waals surface area contributed by atoms with Crippen LogP contribution in [0.2, 0.25) is 0 Å². The molecule has 0 aromatic heterocycles. The maximum absolute atomic E-state index is 12.7. The van der Waals surface area contributed by atoms with E-state index in [0.717, 1.165) is 38.4 Å². The molecule has 3 rings (SSSR count). The highest BCUT2D eigenvalue weighted by Gasteiger charge is 2.27. The van der Waals surface area contributed by atoms with Crippen molar-refractivity contribution >= 4 is 15.9 Å². The molecular formula is C20H31N3O3S. The van der Waals surface area contributed by atoms with E-state index in [0.29, 0.717) is 11.6 Å². The fourth-order valence-corrected chi connectivity index (χ4v) is 4.71. The lowest BCUT2D eigenvalue weighted by Gasteiger charge is -2.32. The van der Waals surface area contributed by atoms with Crippen LogP contribution >= 0.6 is 0 Å². The Labute approximate surface area is 163 Å². The van der Waals surface area contributed by atoms with Crippen LogP contribution in [0.4, 0.5) is 0 Å². The Kier molecular flexibility index (Phi) is 6.23. The van der Waals surface area contributed by atoms with Crippen LogP contribution in [-0.2, 0) is 10.0 Å². The minimum Gasteiger partial charge on any atom is -0.339 e. The first-order valence-corrected chi connectivity index (χ1v) is 11.3. The third kappa shape index (κ3) is 4.89. The quantitative estimate of drug-likeness (QED) is 0.772. The number of hydrogen-bond acceptors (Lipinski definition) is 4. The van der Waals surface area contributed by atoms with Crippen molar-refractivity contribution in [2.24, 2.45) is 5.92 Å². The molecule has 0 bridgehead atoms. The number of likely N-dealkylation sites (tertiary alicyclic amines) is 1. The van der Waals surface area contributed by atoms with Crippen LogP contribution < -0.4 is 5.32 Å². The average Bonchev–Trinajstić information content (AvgIpc) is 3.50.